The second-order valence-electron chi connectivity index (χ2n) is 6.07. The fourth-order valence-electron chi connectivity index (χ4n) is 2.95. The number of rotatable bonds is 6. The van der Waals surface area contributed by atoms with Crippen LogP contribution in [0.2, 0.25) is 0 Å². The largest absolute Gasteiger partial charge is 0.491 e. The van der Waals surface area contributed by atoms with Crippen LogP contribution >= 0.6 is 0 Å². The lowest BCUT2D eigenvalue weighted by Crippen LogP contribution is -2.39. The summed E-state index contributed by atoms with van der Waals surface area (Å²) in [5, 5.41) is 10.3. The van der Waals surface area contributed by atoms with E-state index in [4.69, 9.17) is 9.47 Å². The number of β-amino-alcohol motifs (C(OH)–C–C–N with tert-alkyl or cyclic N) is 1. The third-order valence-corrected chi connectivity index (χ3v) is 4.14. The van der Waals surface area contributed by atoms with Crippen molar-refractivity contribution in [2.45, 2.75) is 26.0 Å². The molecule has 1 aromatic heterocycles. The molecule has 1 aliphatic rings. The van der Waals surface area contributed by atoms with Gasteiger partial charge in [0.15, 0.2) is 0 Å². The predicted molar refractivity (Wildman–Crippen MR) is 90.2 cm³/mol. The summed E-state index contributed by atoms with van der Waals surface area (Å²) in [6.45, 7) is 4.37. The maximum atomic E-state index is 10.3. The van der Waals surface area contributed by atoms with Gasteiger partial charge in [0.25, 0.3) is 0 Å². The summed E-state index contributed by atoms with van der Waals surface area (Å²) in [7, 11) is 1.62. The molecule has 0 radical (unpaired) electrons. The number of nitrogens with zero attached hydrogens (tertiary/aromatic N) is 3. The summed E-state index contributed by atoms with van der Waals surface area (Å²) < 4.78 is 11.0. The van der Waals surface area contributed by atoms with Crippen molar-refractivity contribution in [1.29, 1.82) is 0 Å². The first-order chi connectivity index (χ1) is 11.7. The summed E-state index contributed by atoms with van der Waals surface area (Å²) in [5.41, 5.74) is 3.18. The third kappa shape index (κ3) is 4.01. The van der Waals surface area contributed by atoms with Gasteiger partial charge in [0.05, 0.1) is 12.8 Å². The number of ether oxygens (including phenoxy) is 2. The Morgan fingerprint density at radius 3 is 3.00 bits per heavy atom. The van der Waals surface area contributed by atoms with Gasteiger partial charge in [0.2, 0.25) is 5.88 Å². The summed E-state index contributed by atoms with van der Waals surface area (Å²) in [5.74, 6) is 1.41. The zero-order valence-electron chi connectivity index (χ0n) is 14.1. The van der Waals surface area contributed by atoms with Crippen molar-refractivity contribution < 1.29 is 14.6 Å². The lowest BCUT2D eigenvalue weighted by molar-refractivity contribution is 0.0630. The molecule has 1 atom stereocenters. The van der Waals surface area contributed by atoms with Crippen molar-refractivity contribution in [3.63, 3.8) is 0 Å². The normalized spacial score (nSPS) is 15.6. The van der Waals surface area contributed by atoms with Crippen LogP contribution in [0.15, 0.2) is 30.6 Å². The van der Waals surface area contributed by atoms with Crippen molar-refractivity contribution in [2.24, 2.45) is 0 Å². The van der Waals surface area contributed by atoms with Crippen molar-refractivity contribution in [3.8, 4) is 11.6 Å². The second kappa shape index (κ2) is 7.59. The minimum atomic E-state index is -0.553. The minimum Gasteiger partial charge on any atom is -0.491 e. The van der Waals surface area contributed by atoms with Gasteiger partial charge in [-0.1, -0.05) is 12.1 Å². The highest BCUT2D eigenvalue weighted by atomic mass is 16.5. The average Bonchev–Trinajstić information content (AvgIpc) is 2.59. The molecule has 1 N–H and O–H groups in total. The standard InChI is InChI=1S/C18H23N3O3/c1-13-4-3-5-15(8-13)24-11-14(22)9-21-7-6-17-16(10-21)18(23-2)20-12-19-17/h3-5,8,12,14,22H,6-7,9-11H2,1-2H3/t14-/m0/s1. The lowest BCUT2D eigenvalue weighted by atomic mass is 10.1. The molecule has 128 valence electrons. The Morgan fingerprint density at radius 2 is 2.21 bits per heavy atom. The Morgan fingerprint density at radius 1 is 1.33 bits per heavy atom. The van der Waals surface area contributed by atoms with E-state index in [2.05, 4.69) is 14.9 Å². The molecule has 0 unspecified atom stereocenters. The topological polar surface area (TPSA) is 67.7 Å². The molecule has 0 aliphatic carbocycles. The highest BCUT2D eigenvalue weighted by molar-refractivity contribution is 5.31. The summed E-state index contributed by atoms with van der Waals surface area (Å²) in [6, 6.07) is 7.83. The Kier molecular flexibility index (Phi) is 5.27. The van der Waals surface area contributed by atoms with E-state index in [1.165, 1.54) is 6.33 Å². The van der Waals surface area contributed by atoms with Crippen molar-refractivity contribution >= 4 is 0 Å². The Labute approximate surface area is 142 Å². The van der Waals surface area contributed by atoms with Crippen LogP contribution in [0, 0.1) is 6.92 Å². The summed E-state index contributed by atoms with van der Waals surface area (Å²) in [4.78, 5) is 10.7. The number of aryl methyl sites for hydroxylation is 1. The van der Waals surface area contributed by atoms with Gasteiger partial charge in [-0.25, -0.2) is 9.97 Å². The monoisotopic (exact) mass is 329 g/mol. The molecule has 6 heteroatoms. The molecule has 0 saturated heterocycles. The third-order valence-electron chi connectivity index (χ3n) is 4.14. The Bertz CT molecular complexity index is 679. The number of aliphatic hydroxyl groups is 1. The molecule has 0 fully saturated rings. The van der Waals surface area contributed by atoms with Crippen LogP contribution in [-0.4, -0.2) is 52.9 Å². The number of hydrogen-bond donors (Lipinski definition) is 1. The molecular weight excluding hydrogens is 306 g/mol. The molecule has 0 amide bonds. The number of benzene rings is 1. The molecule has 3 rings (SSSR count). The van der Waals surface area contributed by atoms with Gasteiger partial charge in [-0.2, -0.15) is 0 Å². The maximum absolute atomic E-state index is 10.3. The molecule has 1 aliphatic heterocycles. The molecule has 1 aromatic carbocycles. The molecular formula is C18H23N3O3. The number of hydrogen-bond acceptors (Lipinski definition) is 6. The van der Waals surface area contributed by atoms with E-state index in [1.54, 1.807) is 7.11 Å². The molecule has 6 nitrogen and oxygen atoms in total. The van der Waals surface area contributed by atoms with Gasteiger partial charge in [-0.15, -0.1) is 0 Å². The van der Waals surface area contributed by atoms with Crippen molar-refractivity contribution in [3.05, 3.63) is 47.4 Å². The molecule has 0 spiro atoms. The lowest BCUT2D eigenvalue weighted by Gasteiger charge is -2.30. The van der Waals surface area contributed by atoms with Gasteiger partial charge in [0, 0.05) is 31.6 Å². The first kappa shape index (κ1) is 16.7. The fourth-order valence-corrected chi connectivity index (χ4v) is 2.95. The van der Waals surface area contributed by atoms with Crippen LogP contribution in [0.3, 0.4) is 0 Å². The Hall–Kier alpha value is -2.18. The van der Waals surface area contributed by atoms with Crippen LogP contribution in [-0.2, 0) is 13.0 Å². The van der Waals surface area contributed by atoms with Gasteiger partial charge in [-0.3, -0.25) is 4.90 Å². The van der Waals surface area contributed by atoms with Crippen molar-refractivity contribution in [2.75, 3.05) is 26.8 Å². The van der Waals surface area contributed by atoms with Gasteiger partial charge in [0.1, 0.15) is 24.8 Å². The highest BCUT2D eigenvalue weighted by Crippen LogP contribution is 2.24. The maximum Gasteiger partial charge on any atom is 0.220 e. The van der Waals surface area contributed by atoms with Crippen LogP contribution in [0.5, 0.6) is 11.6 Å². The van der Waals surface area contributed by atoms with E-state index in [-0.39, 0.29) is 6.61 Å². The summed E-state index contributed by atoms with van der Waals surface area (Å²) in [6.07, 6.45) is 1.82. The van der Waals surface area contributed by atoms with E-state index in [0.29, 0.717) is 19.0 Å². The van der Waals surface area contributed by atoms with Crippen LogP contribution in [0.4, 0.5) is 0 Å². The fraction of sp³-hybridized carbons (Fsp3) is 0.444. The molecule has 2 heterocycles. The van der Waals surface area contributed by atoms with Gasteiger partial charge in [-0.05, 0) is 24.6 Å². The van der Waals surface area contributed by atoms with E-state index in [0.717, 1.165) is 35.5 Å². The SMILES string of the molecule is COc1ncnc2c1CN(C[C@H](O)COc1cccc(C)c1)CC2. The van der Waals surface area contributed by atoms with E-state index >= 15 is 0 Å². The van der Waals surface area contributed by atoms with E-state index in [9.17, 15) is 5.11 Å². The minimum absolute atomic E-state index is 0.273. The molecule has 2 aromatic rings. The Balaban J connectivity index is 1.54. The number of fused-ring (bicyclic) bond motifs is 1. The molecule has 0 saturated carbocycles. The molecule has 24 heavy (non-hydrogen) atoms. The first-order valence-electron chi connectivity index (χ1n) is 8.12. The van der Waals surface area contributed by atoms with Crippen molar-refractivity contribution in [1.82, 2.24) is 14.9 Å². The highest BCUT2D eigenvalue weighted by Gasteiger charge is 2.23. The summed E-state index contributed by atoms with van der Waals surface area (Å²) >= 11 is 0. The van der Waals surface area contributed by atoms with Crippen LogP contribution in [0.1, 0.15) is 16.8 Å². The average molecular weight is 329 g/mol. The van der Waals surface area contributed by atoms with E-state index in [1.807, 2.05) is 31.2 Å². The predicted octanol–water partition coefficient (Wildman–Crippen LogP) is 1.59. The second-order valence-corrected chi connectivity index (χ2v) is 6.07. The first-order valence-corrected chi connectivity index (χ1v) is 8.12. The van der Waals surface area contributed by atoms with E-state index < -0.39 is 6.10 Å². The number of methoxy groups -OCH3 is 1. The van der Waals surface area contributed by atoms with Crippen LogP contribution < -0.4 is 9.47 Å². The van der Waals surface area contributed by atoms with Crippen LogP contribution in [0.25, 0.3) is 0 Å². The zero-order valence-corrected chi connectivity index (χ0v) is 14.1. The quantitative estimate of drug-likeness (QED) is 0.868. The van der Waals surface area contributed by atoms with Gasteiger partial charge < -0.3 is 14.6 Å². The number of aromatic nitrogens is 2. The smallest absolute Gasteiger partial charge is 0.220 e. The van der Waals surface area contributed by atoms with Gasteiger partial charge >= 0.3 is 0 Å². The zero-order chi connectivity index (χ0) is 16.9. The molecule has 0 bridgehead atoms. The number of aliphatic hydroxyl groups excluding tert-OH is 1.